The molecule has 0 saturated carbocycles. The number of amides is 1. The molecule has 0 spiro atoms. The van der Waals surface area contributed by atoms with Crippen molar-refractivity contribution in [3.05, 3.63) is 35.2 Å². The summed E-state index contributed by atoms with van der Waals surface area (Å²) in [6, 6.07) is 4.25. The Bertz CT molecular complexity index is 985. The van der Waals surface area contributed by atoms with Crippen molar-refractivity contribution >= 4 is 17.6 Å². The molecule has 9 nitrogen and oxygen atoms in total. The number of anilines is 2. The monoisotopic (exact) mass is 488 g/mol. The summed E-state index contributed by atoms with van der Waals surface area (Å²) < 4.78 is 22.5. The van der Waals surface area contributed by atoms with Gasteiger partial charge < -0.3 is 23.5 Å². The number of oxazole rings is 1. The van der Waals surface area contributed by atoms with E-state index >= 15 is 0 Å². The lowest BCUT2D eigenvalue weighted by Gasteiger charge is -2.36. The minimum absolute atomic E-state index is 0.210. The van der Waals surface area contributed by atoms with E-state index in [9.17, 15) is 4.79 Å². The van der Waals surface area contributed by atoms with Crippen LogP contribution in [0.25, 0.3) is 0 Å². The zero-order valence-corrected chi connectivity index (χ0v) is 22.2. The number of ether oxygens (including phenoxy) is 3. The van der Waals surface area contributed by atoms with Gasteiger partial charge in [0.2, 0.25) is 0 Å². The highest BCUT2D eigenvalue weighted by Gasteiger charge is 2.27. The van der Waals surface area contributed by atoms with Crippen LogP contribution in [-0.2, 0) is 33.5 Å². The van der Waals surface area contributed by atoms with Crippen LogP contribution >= 0.6 is 0 Å². The molecule has 2 aromatic rings. The number of hydrogen-bond acceptors (Lipinski definition) is 8. The minimum atomic E-state index is -0.624. The molecule has 2 aromatic heterocycles. The molecular weight excluding hydrogens is 448 g/mol. The van der Waals surface area contributed by atoms with E-state index in [4.69, 9.17) is 23.6 Å². The molecule has 0 aromatic carbocycles. The van der Waals surface area contributed by atoms with Crippen molar-refractivity contribution in [1.82, 2.24) is 9.97 Å². The Morgan fingerprint density at radius 1 is 1.26 bits per heavy atom. The van der Waals surface area contributed by atoms with E-state index in [1.807, 2.05) is 33.8 Å². The van der Waals surface area contributed by atoms with E-state index in [-0.39, 0.29) is 6.04 Å². The molecule has 1 fully saturated rings. The van der Waals surface area contributed by atoms with Crippen molar-refractivity contribution in [2.24, 2.45) is 0 Å². The third-order valence-corrected chi connectivity index (χ3v) is 5.81. The van der Waals surface area contributed by atoms with Gasteiger partial charge in [-0.25, -0.2) is 14.8 Å². The lowest BCUT2D eigenvalue weighted by atomic mass is 10.1. The maximum Gasteiger partial charge on any atom is 0.416 e. The Balaban J connectivity index is 1.95. The maximum absolute atomic E-state index is 13.1. The van der Waals surface area contributed by atoms with Crippen LogP contribution in [0.15, 0.2) is 16.5 Å². The second kappa shape index (κ2) is 11.9. The summed E-state index contributed by atoms with van der Waals surface area (Å²) in [6.07, 6.45) is 1.63. The van der Waals surface area contributed by atoms with Gasteiger partial charge in [-0.1, -0.05) is 6.92 Å². The number of aryl methyl sites for hydroxylation is 4. The lowest BCUT2D eigenvalue weighted by Crippen LogP contribution is -2.44. The van der Waals surface area contributed by atoms with Crippen LogP contribution in [0.1, 0.15) is 57.7 Å². The normalized spacial score (nSPS) is 16.4. The largest absolute Gasteiger partial charge is 0.445 e. The van der Waals surface area contributed by atoms with Crippen LogP contribution in [0, 0.1) is 6.92 Å². The highest BCUT2D eigenvalue weighted by molar-refractivity contribution is 5.87. The first-order valence-corrected chi connectivity index (χ1v) is 12.4. The number of morpholine rings is 1. The smallest absolute Gasteiger partial charge is 0.416 e. The van der Waals surface area contributed by atoms with Crippen molar-refractivity contribution in [3.63, 3.8) is 0 Å². The molecule has 0 radical (unpaired) electrons. The number of nitrogens with zero attached hydrogens (tertiary/aromatic N) is 4. The van der Waals surface area contributed by atoms with Crippen LogP contribution < -0.4 is 9.80 Å². The number of hydrogen-bond donors (Lipinski definition) is 0. The number of methoxy groups -OCH3 is 1. The Hall–Kier alpha value is -2.65. The second-order valence-corrected chi connectivity index (χ2v) is 9.89. The zero-order valence-electron chi connectivity index (χ0n) is 22.2. The molecule has 1 saturated heterocycles. The highest BCUT2D eigenvalue weighted by Crippen LogP contribution is 2.27. The van der Waals surface area contributed by atoms with Crippen LogP contribution in [-0.4, -0.2) is 67.7 Å². The van der Waals surface area contributed by atoms with Gasteiger partial charge in [-0.2, -0.15) is 0 Å². The molecule has 0 aliphatic carbocycles. The van der Waals surface area contributed by atoms with E-state index in [1.165, 1.54) is 0 Å². The van der Waals surface area contributed by atoms with Gasteiger partial charge in [0.15, 0.2) is 5.89 Å². The van der Waals surface area contributed by atoms with Crippen LogP contribution in [0.3, 0.4) is 0 Å². The Morgan fingerprint density at radius 2 is 2.03 bits per heavy atom. The fraction of sp³-hybridized carbons (Fsp3) is 0.654. The summed E-state index contributed by atoms with van der Waals surface area (Å²) in [5, 5.41) is 0. The molecule has 9 heteroatoms. The highest BCUT2D eigenvalue weighted by atomic mass is 16.6. The van der Waals surface area contributed by atoms with Crippen LogP contribution in [0.4, 0.5) is 16.3 Å². The second-order valence-electron chi connectivity index (χ2n) is 9.89. The minimum Gasteiger partial charge on any atom is -0.445 e. The van der Waals surface area contributed by atoms with E-state index in [0.717, 1.165) is 35.8 Å². The van der Waals surface area contributed by atoms with Gasteiger partial charge in [0.1, 0.15) is 17.2 Å². The topological polar surface area (TPSA) is 90.2 Å². The number of carbonyl (C=O) groups excluding carboxylic acids is 1. The summed E-state index contributed by atoms with van der Waals surface area (Å²) in [7, 11) is 1.61. The number of aromatic nitrogens is 2. The molecule has 1 amide bonds. The van der Waals surface area contributed by atoms with Crippen molar-refractivity contribution in [2.75, 3.05) is 49.8 Å². The van der Waals surface area contributed by atoms with E-state index in [0.29, 0.717) is 50.9 Å². The summed E-state index contributed by atoms with van der Waals surface area (Å²) >= 11 is 0. The quantitative estimate of drug-likeness (QED) is 0.515. The third kappa shape index (κ3) is 7.41. The molecule has 1 unspecified atom stereocenters. The number of rotatable bonds is 9. The summed E-state index contributed by atoms with van der Waals surface area (Å²) in [5.41, 5.74) is 2.17. The number of pyridine rings is 1. The zero-order chi connectivity index (χ0) is 25.6. The standard InChI is InChI=1S/C26H40N4O5/c1-8-22-19(3)27-24(34-22)10-9-20-15-21(29-12-14-33-17-18(29)2)16-23(28-20)30(11-13-32-7)25(31)35-26(4,5)6/h15-16,18H,8-14,17H2,1-7H3. The predicted molar refractivity (Wildman–Crippen MR) is 135 cm³/mol. The molecule has 1 atom stereocenters. The average molecular weight is 489 g/mol. The van der Waals surface area contributed by atoms with Gasteiger partial charge >= 0.3 is 6.09 Å². The van der Waals surface area contributed by atoms with E-state index in [2.05, 4.69) is 29.8 Å². The first kappa shape index (κ1) is 26.9. The molecule has 0 bridgehead atoms. The van der Waals surface area contributed by atoms with Crippen LogP contribution in [0.2, 0.25) is 0 Å². The van der Waals surface area contributed by atoms with Gasteiger partial charge in [0.05, 0.1) is 32.1 Å². The van der Waals surface area contributed by atoms with E-state index in [1.54, 1.807) is 12.0 Å². The van der Waals surface area contributed by atoms with Crippen molar-refractivity contribution in [1.29, 1.82) is 0 Å². The Morgan fingerprint density at radius 3 is 2.66 bits per heavy atom. The summed E-state index contributed by atoms with van der Waals surface area (Å²) in [6.45, 7) is 14.5. The van der Waals surface area contributed by atoms with Gasteiger partial charge in [0.25, 0.3) is 0 Å². The van der Waals surface area contributed by atoms with Gasteiger partial charge in [0, 0.05) is 50.0 Å². The molecule has 3 heterocycles. The van der Waals surface area contributed by atoms with Crippen molar-refractivity contribution in [3.8, 4) is 0 Å². The first-order chi connectivity index (χ1) is 16.6. The van der Waals surface area contributed by atoms with Crippen LogP contribution in [0.5, 0.6) is 0 Å². The molecule has 3 rings (SSSR count). The lowest BCUT2D eigenvalue weighted by molar-refractivity contribution is 0.0568. The van der Waals surface area contributed by atoms with E-state index < -0.39 is 11.7 Å². The Labute approximate surface area is 208 Å². The molecule has 0 N–H and O–H groups in total. The number of carbonyl (C=O) groups is 1. The average Bonchev–Trinajstić information content (AvgIpc) is 3.16. The Kier molecular flexibility index (Phi) is 9.13. The third-order valence-electron chi connectivity index (χ3n) is 5.81. The summed E-state index contributed by atoms with van der Waals surface area (Å²) in [5.74, 6) is 2.16. The predicted octanol–water partition coefficient (Wildman–Crippen LogP) is 4.34. The molecular formula is C26H40N4O5. The van der Waals surface area contributed by atoms with Gasteiger partial charge in [-0.15, -0.1) is 0 Å². The maximum atomic E-state index is 13.1. The molecule has 1 aliphatic heterocycles. The molecule has 194 valence electrons. The fourth-order valence-electron chi connectivity index (χ4n) is 4.06. The SMILES string of the molecule is CCc1oc(CCc2cc(N3CCOCC3C)cc(N(CCOC)C(=O)OC(C)(C)C)n2)nc1C. The first-order valence-electron chi connectivity index (χ1n) is 12.4. The van der Waals surface area contributed by atoms with Gasteiger partial charge in [-0.3, -0.25) is 4.90 Å². The molecule has 35 heavy (non-hydrogen) atoms. The summed E-state index contributed by atoms with van der Waals surface area (Å²) in [4.78, 5) is 26.4. The molecule has 1 aliphatic rings. The van der Waals surface area contributed by atoms with Crippen molar-refractivity contribution in [2.45, 2.75) is 72.4 Å². The fourth-order valence-corrected chi connectivity index (χ4v) is 4.06. The van der Waals surface area contributed by atoms with Crippen molar-refractivity contribution < 1.29 is 23.4 Å². The van der Waals surface area contributed by atoms with Gasteiger partial charge in [-0.05, 0) is 47.1 Å².